The van der Waals surface area contributed by atoms with Crippen molar-refractivity contribution in [2.24, 2.45) is 0 Å². The second-order valence-corrected chi connectivity index (χ2v) is 6.43. The number of aromatic nitrogens is 2. The normalized spacial score (nSPS) is 11.4. The van der Waals surface area contributed by atoms with Crippen molar-refractivity contribution in [3.63, 3.8) is 0 Å². The first-order valence-corrected chi connectivity index (χ1v) is 7.45. The van der Waals surface area contributed by atoms with E-state index in [9.17, 15) is 4.79 Å². The molecule has 1 amide bonds. The molecule has 0 bridgehead atoms. The Labute approximate surface area is 134 Å². The number of aromatic amines is 1. The molecule has 1 aromatic carbocycles. The van der Waals surface area contributed by atoms with E-state index >= 15 is 0 Å². The van der Waals surface area contributed by atoms with Gasteiger partial charge in [-0.2, -0.15) is 5.10 Å². The Balaban J connectivity index is 1.72. The largest absolute Gasteiger partial charge is 0.463 e. The van der Waals surface area contributed by atoms with E-state index in [1.54, 1.807) is 24.5 Å². The van der Waals surface area contributed by atoms with E-state index in [-0.39, 0.29) is 11.3 Å². The van der Waals surface area contributed by atoms with E-state index in [2.05, 4.69) is 36.3 Å². The van der Waals surface area contributed by atoms with Crippen molar-refractivity contribution in [2.45, 2.75) is 26.2 Å². The van der Waals surface area contributed by atoms with Gasteiger partial charge in [-0.1, -0.05) is 32.9 Å². The highest BCUT2D eigenvalue weighted by molar-refractivity contribution is 6.03. The second-order valence-electron chi connectivity index (χ2n) is 6.43. The van der Waals surface area contributed by atoms with Crippen molar-refractivity contribution < 1.29 is 9.21 Å². The second kappa shape index (κ2) is 5.76. The standard InChI is InChI=1S/C18H19N3O2/c1-18(2,3)12-6-8-13(9-7-12)19-17(22)15-11-14(20-21-15)16-5-4-10-23-16/h4-11H,1-3H3,(H,19,22)(H,20,21). The molecule has 5 nitrogen and oxygen atoms in total. The number of nitrogens with zero attached hydrogens (tertiary/aromatic N) is 1. The van der Waals surface area contributed by atoms with Crippen molar-refractivity contribution in [3.05, 3.63) is 60.0 Å². The maximum absolute atomic E-state index is 12.3. The lowest BCUT2D eigenvalue weighted by Crippen LogP contribution is -2.14. The zero-order chi connectivity index (χ0) is 16.4. The molecule has 0 radical (unpaired) electrons. The number of H-pyrrole nitrogens is 1. The molecule has 3 rings (SSSR count). The first-order chi connectivity index (χ1) is 10.9. The molecule has 0 saturated heterocycles. The number of rotatable bonds is 3. The number of nitrogens with one attached hydrogen (secondary N) is 2. The van der Waals surface area contributed by atoms with Crippen molar-refractivity contribution in [1.82, 2.24) is 10.2 Å². The fourth-order valence-corrected chi connectivity index (χ4v) is 2.24. The highest BCUT2D eigenvalue weighted by Gasteiger charge is 2.15. The Hall–Kier alpha value is -2.82. The summed E-state index contributed by atoms with van der Waals surface area (Å²) >= 11 is 0. The van der Waals surface area contributed by atoms with E-state index in [0.717, 1.165) is 5.69 Å². The highest BCUT2D eigenvalue weighted by atomic mass is 16.3. The van der Waals surface area contributed by atoms with Gasteiger partial charge in [0.2, 0.25) is 0 Å². The molecule has 23 heavy (non-hydrogen) atoms. The van der Waals surface area contributed by atoms with E-state index < -0.39 is 0 Å². The average Bonchev–Trinajstić information content (AvgIpc) is 3.18. The number of carbonyl (C=O) groups excluding carboxylic acids is 1. The molecule has 3 aromatic rings. The lowest BCUT2D eigenvalue weighted by Gasteiger charge is -2.19. The fraction of sp³-hybridized carbons (Fsp3) is 0.222. The first kappa shape index (κ1) is 15.1. The summed E-state index contributed by atoms with van der Waals surface area (Å²) in [6.07, 6.45) is 1.58. The van der Waals surface area contributed by atoms with E-state index in [1.807, 2.05) is 24.3 Å². The molecule has 2 heterocycles. The van der Waals surface area contributed by atoms with Gasteiger partial charge in [0.1, 0.15) is 5.69 Å². The van der Waals surface area contributed by atoms with E-state index in [0.29, 0.717) is 17.1 Å². The van der Waals surface area contributed by atoms with Crippen LogP contribution in [0.5, 0.6) is 0 Å². The van der Waals surface area contributed by atoms with Gasteiger partial charge >= 0.3 is 0 Å². The van der Waals surface area contributed by atoms with Crippen LogP contribution in [0.4, 0.5) is 5.69 Å². The molecule has 118 valence electrons. The van der Waals surface area contributed by atoms with Crippen molar-refractivity contribution in [1.29, 1.82) is 0 Å². The van der Waals surface area contributed by atoms with Crippen LogP contribution in [-0.4, -0.2) is 16.1 Å². The molecule has 0 spiro atoms. The van der Waals surface area contributed by atoms with Gasteiger partial charge in [-0.25, -0.2) is 0 Å². The number of amides is 1. The molecule has 0 aliphatic rings. The Kier molecular flexibility index (Phi) is 3.78. The monoisotopic (exact) mass is 309 g/mol. The topological polar surface area (TPSA) is 70.9 Å². The third-order valence-electron chi connectivity index (χ3n) is 3.61. The Bertz CT molecular complexity index is 794. The highest BCUT2D eigenvalue weighted by Crippen LogP contribution is 2.24. The van der Waals surface area contributed by atoms with Gasteiger partial charge in [0.05, 0.1) is 6.26 Å². The fourth-order valence-electron chi connectivity index (χ4n) is 2.24. The van der Waals surface area contributed by atoms with Gasteiger partial charge in [0.25, 0.3) is 5.91 Å². The molecule has 0 atom stereocenters. The molecule has 0 fully saturated rings. The van der Waals surface area contributed by atoms with Crippen LogP contribution in [-0.2, 0) is 5.41 Å². The Morgan fingerprint density at radius 2 is 1.91 bits per heavy atom. The minimum Gasteiger partial charge on any atom is -0.463 e. The number of anilines is 1. The summed E-state index contributed by atoms with van der Waals surface area (Å²) in [5.74, 6) is 0.383. The molecular formula is C18H19N3O2. The molecule has 2 aromatic heterocycles. The van der Waals surface area contributed by atoms with Crippen LogP contribution in [0.25, 0.3) is 11.5 Å². The average molecular weight is 309 g/mol. The number of hydrogen-bond acceptors (Lipinski definition) is 3. The Morgan fingerprint density at radius 3 is 2.52 bits per heavy atom. The van der Waals surface area contributed by atoms with Crippen molar-refractivity contribution in [2.75, 3.05) is 5.32 Å². The quantitative estimate of drug-likeness (QED) is 0.761. The Morgan fingerprint density at radius 1 is 1.17 bits per heavy atom. The predicted molar refractivity (Wildman–Crippen MR) is 89.4 cm³/mol. The summed E-state index contributed by atoms with van der Waals surface area (Å²) < 4.78 is 5.27. The van der Waals surface area contributed by atoms with Gasteiger partial charge < -0.3 is 9.73 Å². The predicted octanol–water partition coefficient (Wildman–Crippen LogP) is 4.22. The summed E-state index contributed by atoms with van der Waals surface area (Å²) in [5.41, 5.74) is 3.03. The third-order valence-corrected chi connectivity index (χ3v) is 3.61. The summed E-state index contributed by atoms with van der Waals surface area (Å²) in [6.45, 7) is 6.46. The summed E-state index contributed by atoms with van der Waals surface area (Å²) in [5, 5.41) is 9.67. The number of hydrogen-bond donors (Lipinski definition) is 2. The maximum Gasteiger partial charge on any atom is 0.276 e. The maximum atomic E-state index is 12.3. The molecular weight excluding hydrogens is 290 g/mol. The molecule has 0 aliphatic heterocycles. The van der Waals surface area contributed by atoms with Gasteiger partial charge in [-0.3, -0.25) is 9.89 Å². The van der Waals surface area contributed by atoms with Crippen LogP contribution in [0, 0.1) is 0 Å². The summed E-state index contributed by atoms with van der Waals surface area (Å²) in [6, 6.07) is 13.1. The van der Waals surface area contributed by atoms with Crippen molar-refractivity contribution >= 4 is 11.6 Å². The van der Waals surface area contributed by atoms with Gasteiger partial charge in [0.15, 0.2) is 11.5 Å². The molecule has 0 unspecified atom stereocenters. The van der Waals surface area contributed by atoms with Crippen LogP contribution >= 0.6 is 0 Å². The molecule has 0 aliphatic carbocycles. The number of benzene rings is 1. The zero-order valence-electron chi connectivity index (χ0n) is 13.4. The lowest BCUT2D eigenvalue weighted by molar-refractivity contribution is 0.102. The summed E-state index contributed by atoms with van der Waals surface area (Å²) in [7, 11) is 0. The zero-order valence-corrected chi connectivity index (χ0v) is 13.4. The van der Waals surface area contributed by atoms with Crippen LogP contribution in [0.3, 0.4) is 0 Å². The minimum absolute atomic E-state index is 0.0860. The molecule has 5 heteroatoms. The van der Waals surface area contributed by atoms with Crippen LogP contribution in [0.2, 0.25) is 0 Å². The smallest absolute Gasteiger partial charge is 0.276 e. The van der Waals surface area contributed by atoms with E-state index in [4.69, 9.17) is 4.42 Å². The molecule has 2 N–H and O–H groups in total. The third kappa shape index (κ3) is 3.34. The number of carbonyl (C=O) groups is 1. The van der Waals surface area contributed by atoms with Crippen LogP contribution in [0.1, 0.15) is 36.8 Å². The number of furan rings is 1. The van der Waals surface area contributed by atoms with Crippen LogP contribution < -0.4 is 5.32 Å². The SMILES string of the molecule is CC(C)(C)c1ccc(NC(=O)c2cc(-c3ccco3)[nH]n2)cc1. The first-order valence-electron chi connectivity index (χ1n) is 7.45. The molecule has 0 saturated carbocycles. The van der Waals surface area contributed by atoms with Gasteiger partial charge in [-0.15, -0.1) is 0 Å². The lowest BCUT2D eigenvalue weighted by atomic mass is 9.87. The minimum atomic E-state index is -0.262. The van der Waals surface area contributed by atoms with Gasteiger partial charge in [0, 0.05) is 11.8 Å². The van der Waals surface area contributed by atoms with Crippen molar-refractivity contribution in [3.8, 4) is 11.5 Å². The van der Waals surface area contributed by atoms with Crippen LogP contribution in [0.15, 0.2) is 53.1 Å². The van der Waals surface area contributed by atoms with Gasteiger partial charge in [-0.05, 0) is 35.2 Å². The van der Waals surface area contributed by atoms with E-state index in [1.165, 1.54) is 5.56 Å². The summed E-state index contributed by atoms with van der Waals surface area (Å²) in [4.78, 5) is 12.3.